The topological polar surface area (TPSA) is 40.5 Å². The van der Waals surface area contributed by atoms with Crippen molar-refractivity contribution in [2.75, 3.05) is 0 Å². The van der Waals surface area contributed by atoms with Gasteiger partial charge in [-0.3, -0.25) is 0 Å². The molecule has 0 heterocycles. The molecule has 0 aliphatic heterocycles. The Morgan fingerprint density at radius 1 is 0.500 bits per heavy atom. The van der Waals surface area contributed by atoms with Gasteiger partial charge in [0.1, 0.15) is 0 Å². The van der Waals surface area contributed by atoms with Crippen molar-refractivity contribution in [3.05, 3.63) is 23.3 Å². The molecule has 320 valence electrons. The lowest BCUT2D eigenvalue weighted by atomic mass is 9.47. The Morgan fingerprint density at radius 2 is 0.893 bits per heavy atom. The van der Waals surface area contributed by atoms with Gasteiger partial charge in [0.25, 0.3) is 0 Å². The zero-order valence-electron chi connectivity index (χ0n) is 38.7. The van der Waals surface area contributed by atoms with E-state index in [1.807, 2.05) is 0 Å². The summed E-state index contributed by atoms with van der Waals surface area (Å²) in [4.78, 5) is 0. The van der Waals surface area contributed by atoms with Crippen LogP contribution in [0.5, 0.6) is 0 Å². The summed E-state index contributed by atoms with van der Waals surface area (Å²) in [5.74, 6) is 10.9. The van der Waals surface area contributed by atoms with Crippen LogP contribution in [0.3, 0.4) is 0 Å². The van der Waals surface area contributed by atoms with Crippen LogP contribution in [0.4, 0.5) is 0 Å². The van der Waals surface area contributed by atoms with Crippen LogP contribution in [0.1, 0.15) is 210 Å². The summed E-state index contributed by atoms with van der Waals surface area (Å²) in [6.07, 6.45) is 34.3. The first-order chi connectivity index (χ1) is 26.5. The number of aliphatic hydroxyl groups excluding tert-OH is 2. The Balaban J connectivity index is 0.000000172. The number of hydrogen-bond donors (Lipinski definition) is 2. The minimum absolute atomic E-state index is 0.0766. The van der Waals surface area contributed by atoms with Gasteiger partial charge in [0.2, 0.25) is 0 Å². The second kappa shape index (κ2) is 17.0. The molecule has 0 bridgehead atoms. The third-order valence-corrected chi connectivity index (χ3v) is 20.6. The summed E-state index contributed by atoms with van der Waals surface area (Å²) in [6, 6.07) is 0. The van der Waals surface area contributed by atoms with Crippen LogP contribution in [-0.2, 0) is 0 Å². The van der Waals surface area contributed by atoms with E-state index in [1.165, 1.54) is 116 Å². The van der Waals surface area contributed by atoms with Crippen molar-refractivity contribution in [3.8, 4) is 0 Å². The summed E-state index contributed by atoms with van der Waals surface area (Å²) in [6.45, 7) is 25.1. The Morgan fingerprint density at radius 3 is 1.27 bits per heavy atom. The van der Waals surface area contributed by atoms with Gasteiger partial charge in [-0.1, -0.05) is 131 Å². The van der Waals surface area contributed by atoms with E-state index in [0.29, 0.717) is 21.7 Å². The van der Waals surface area contributed by atoms with Gasteiger partial charge in [-0.2, -0.15) is 0 Å². The van der Waals surface area contributed by atoms with Gasteiger partial charge in [-0.15, -0.1) is 0 Å². The van der Waals surface area contributed by atoms with Crippen LogP contribution in [0, 0.1) is 92.7 Å². The number of aliphatic hydroxyl groups is 2. The molecule has 2 heteroatoms. The molecule has 2 N–H and O–H groups in total. The summed E-state index contributed by atoms with van der Waals surface area (Å²) in [5.41, 5.74) is 5.21. The monoisotopic (exact) mass is 773 g/mol. The first-order valence-electron chi connectivity index (χ1n) is 25.3. The number of allylic oxidation sites excluding steroid dienone is 2. The minimum Gasteiger partial charge on any atom is -0.393 e. The van der Waals surface area contributed by atoms with E-state index in [4.69, 9.17) is 0 Å². The second-order valence-corrected chi connectivity index (χ2v) is 24.4. The molecule has 0 spiro atoms. The SMILES string of the molecule is CC(C)CCCC(C)[C@H]1CC[C@H]2[C@@H]3CC=C4C[C@@H](O)CC[C@]4(C)[C@H]3CC[C@]12C.CC(C)CCCC(C)[C@H]1CC[C@H]2[C@@H]3CC=C4C[C@@H](O)CC[C@]4(C)[C@H]3CC[C@]12C. The van der Waals surface area contributed by atoms with Gasteiger partial charge in [0.05, 0.1) is 12.2 Å². The fraction of sp³-hybridized carbons (Fsp3) is 0.926. The lowest BCUT2D eigenvalue weighted by molar-refractivity contribution is -0.0573. The number of rotatable bonds is 10. The molecule has 0 aromatic carbocycles. The lowest BCUT2D eigenvalue weighted by Gasteiger charge is -2.58. The first-order valence-corrected chi connectivity index (χ1v) is 25.3. The molecule has 0 radical (unpaired) electrons. The summed E-state index contributed by atoms with van der Waals surface area (Å²) < 4.78 is 0. The Hall–Kier alpha value is -0.600. The highest BCUT2D eigenvalue weighted by atomic mass is 16.3. The molecule has 0 amide bonds. The maximum Gasteiger partial charge on any atom is 0.0577 e. The van der Waals surface area contributed by atoms with Crippen LogP contribution in [0.25, 0.3) is 0 Å². The smallest absolute Gasteiger partial charge is 0.0577 e. The van der Waals surface area contributed by atoms with E-state index in [1.54, 1.807) is 11.1 Å². The van der Waals surface area contributed by atoms with Crippen molar-refractivity contribution in [2.24, 2.45) is 92.7 Å². The van der Waals surface area contributed by atoms with Crippen LogP contribution in [-0.4, -0.2) is 22.4 Å². The van der Waals surface area contributed by atoms with Crippen LogP contribution >= 0.6 is 0 Å². The van der Waals surface area contributed by atoms with E-state index in [2.05, 4.69) is 81.4 Å². The molecule has 6 saturated carbocycles. The van der Waals surface area contributed by atoms with Gasteiger partial charge in [0.15, 0.2) is 0 Å². The highest BCUT2D eigenvalue weighted by Crippen LogP contribution is 2.69. The third kappa shape index (κ3) is 8.00. The summed E-state index contributed by atoms with van der Waals surface area (Å²) in [7, 11) is 0. The van der Waals surface area contributed by atoms with Gasteiger partial charge in [-0.05, 0) is 195 Å². The summed E-state index contributed by atoms with van der Waals surface area (Å²) >= 11 is 0. The molecule has 8 aliphatic carbocycles. The van der Waals surface area contributed by atoms with E-state index in [-0.39, 0.29) is 12.2 Å². The average Bonchev–Trinajstić information content (AvgIpc) is 3.69. The van der Waals surface area contributed by atoms with Crippen molar-refractivity contribution >= 4 is 0 Å². The molecule has 0 saturated heterocycles. The largest absolute Gasteiger partial charge is 0.393 e. The number of fused-ring (bicyclic) bond motifs is 10. The van der Waals surface area contributed by atoms with Crippen LogP contribution in [0.2, 0.25) is 0 Å². The summed E-state index contributed by atoms with van der Waals surface area (Å²) in [5, 5.41) is 20.4. The normalized spacial score (nSPS) is 46.5. The van der Waals surface area contributed by atoms with Crippen LogP contribution in [0.15, 0.2) is 23.3 Å². The number of hydrogen-bond acceptors (Lipinski definition) is 2. The molecular weight excluding hydrogens is 681 g/mol. The molecular formula is C54H92O2. The maximum absolute atomic E-state index is 10.2. The molecule has 6 fully saturated rings. The second-order valence-electron chi connectivity index (χ2n) is 24.4. The highest BCUT2D eigenvalue weighted by molar-refractivity contribution is 5.27. The van der Waals surface area contributed by atoms with E-state index < -0.39 is 0 Å². The van der Waals surface area contributed by atoms with E-state index in [9.17, 15) is 10.2 Å². The average molecular weight is 773 g/mol. The molecule has 8 aliphatic rings. The zero-order valence-corrected chi connectivity index (χ0v) is 38.7. The predicted octanol–water partition coefficient (Wildman–Crippen LogP) is 14.8. The maximum atomic E-state index is 10.2. The molecule has 16 atom stereocenters. The predicted molar refractivity (Wildman–Crippen MR) is 238 cm³/mol. The fourth-order valence-corrected chi connectivity index (χ4v) is 17.3. The fourth-order valence-electron chi connectivity index (χ4n) is 17.3. The van der Waals surface area contributed by atoms with Crippen molar-refractivity contribution in [3.63, 3.8) is 0 Å². The van der Waals surface area contributed by atoms with Gasteiger partial charge in [-0.25, -0.2) is 0 Å². The highest BCUT2D eigenvalue weighted by Gasteiger charge is 2.60. The molecule has 0 aromatic heterocycles. The van der Waals surface area contributed by atoms with E-state index in [0.717, 1.165) is 96.7 Å². The minimum atomic E-state index is -0.0766. The van der Waals surface area contributed by atoms with Crippen molar-refractivity contribution in [2.45, 2.75) is 223 Å². The van der Waals surface area contributed by atoms with Gasteiger partial charge < -0.3 is 10.2 Å². The van der Waals surface area contributed by atoms with Gasteiger partial charge in [0, 0.05) is 0 Å². The molecule has 56 heavy (non-hydrogen) atoms. The van der Waals surface area contributed by atoms with Crippen molar-refractivity contribution < 1.29 is 10.2 Å². The van der Waals surface area contributed by atoms with Crippen molar-refractivity contribution in [1.29, 1.82) is 0 Å². The first kappa shape index (κ1) is 43.5. The Labute approximate surface area is 347 Å². The molecule has 8 rings (SSSR count). The Kier molecular flexibility index (Phi) is 13.2. The van der Waals surface area contributed by atoms with E-state index >= 15 is 0 Å². The molecule has 0 aromatic rings. The molecule has 2 unspecified atom stereocenters. The Bertz CT molecular complexity index is 1290. The van der Waals surface area contributed by atoms with Crippen LogP contribution < -0.4 is 0 Å². The lowest BCUT2D eigenvalue weighted by Crippen LogP contribution is -2.50. The van der Waals surface area contributed by atoms with Crippen molar-refractivity contribution in [1.82, 2.24) is 0 Å². The quantitative estimate of drug-likeness (QED) is 0.217. The third-order valence-electron chi connectivity index (χ3n) is 20.6. The van der Waals surface area contributed by atoms with Gasteiger partial charge >= 0.3 is 0 Å². The zero-order chi connectivity index (χ0) is 40.2. The molecule has 2 nitrogen and oxygen atoms in total. The standard InChI is InChI=1S/2C27H46O/c2*1-18(2)7-6-8-19(3)23-11-12-24-22-10-9-20-17-21(28)13-15-26(20,4)25(22)14-16-27(23,24)5/h2*9,18-19,21-25,28H,6-8,10-17H2,1-5H3/t2*19?,21-,22-,23+,24-,25-,26-,27+/m00/s1.